The zero-order valence-corrected chi connectivity index (χ0v) is 14.4. The molecule has 0 aromatic heterocycles. The highest BCUT2D eigenvalue weighted by atomic mass is 35.5. The molecule has 0 N–H and O–H groups in total. The summed E-state index contributed by atoms with van der Waals surface area (Å²) in [6, 6.07) is 12.5. The van der Waals surface area contributed by atoms with Gasteiger partial charge in [0.15, 0.2) is 11.6 Å². The van der Waals surface area contributed by atoms with Gasteiger partial charge in [0.1, 0.15) is 0 Å². The van der Waals surface area contributed by atoms with Crippen LogP contribution in [0, 0.1) is 0 Å². The Morgan fingerprint density at radius 3 is 2.21 bits per heavy atom. The summed E-state index contributed by atoms with van der Waals surface area (Å²) < 4.78 is 0. The lowest BCUT2D eigenvalue weighted by molar-refractivity contribution is 0.100. The first-order chi connectivity index (χ1) is 11.6. The third-order valence-electron chi connectivity index (χ3n) is 4.33. The van der Waals surface area contributed by atoms with E-state index in [9.17, 15) is 9.59 Å². The van der Waals surface area contributed by atoms with Gasteiger partial charge in [-0.3, -0.25) is 9.59 Å². The van der Waals surface area contributed by atoms with E-state index < -0.39 is 0 Å². The van der Waals surface area contributed by atoms with Gasteiger partial charge in [-0.15, -0.1) is 0 Å². The number of hydrogen-bond donors (Lipinski definition) is 0. The quantitative estimate of drug-likeness (QED) is 0.813. The molecule has 0 aliphatic heterocycles. The van der Waals surface area contributed by atoms with Crippen LogP contribution in [0.15, 0.2) is 48.5 Å². The molecule has 1 aliphatic carbocycles. The molecule has 24 heavy (non-hydrogen) atoms. The van der Waals surface area contributed by atoms with Crippen LogP contribution in [-0.4, -0.2) is 24.7 Å². The average molecular weight is 340 g/mol. The highest BCUT2D eigenvalue weighted by Crippen LogP contribution is 2.33. The summed E-state index contributed by atoms with van der Waals surface area (Å²) in [6.07, 6.45) is 1.39. The lowest BCUT2D eigenvalue weighted by atomic mass is 9.86. The van der Waals surface area contributed by atoms with Gasteiger partial charge in [0.25, 0.3) is 0 Å². The monoisotopic (exact) mass is 339 g/mol. The molecular weight excluding hydrogens is 322 g/mol. The molecule has 4 heteroatoms. The first kappa shape index (κ1) is 16.5. The van der Waals surface area contributed by atoms with E-state index in [0.717, 1.165) is 18.8 Å². The molecule has 0 radical (unpaired) electrons. The molecule has 0 saturated heterocycles. The molecule has 122 valence electrons. The Kier molecular flexibility index (Phi) is 4.54. The summed E-state index contributed by atoms with van der Waals surface area (Å²) in [4.78, 5) is 27.2. The van der Waals surface area contributed by atoms with E-state index in [2.05, 4.69) is 18.7 Å². The number of hydrogen-bond acceptors (Lipinski definition) is 3. The molecule has 0 amide bonds. The Morgan fingerprint density at radius 1 is 0.917 bits per heavy atom. The van der Waals surface area contributed by atoms with Gasteiger partial charge >= 0.3 is 0 Å². The molecule has 0 fully saturated rings. The van der Waals surface area contributed by atoms with E-state index in [-0.39, 0.29) is 11.6 Å². The number of rotatable bonds is 4. The Balaban J connectivity index is 2.04. The normalized spacial score (nSPS) is 13.5. The Labute approximate surface area is 146 Å². The van der Waals surface area contributed by atoms with Crippen molar-refractivity contribution in [2.24, 2.45) is 0 Å². The molecule has 0 bridgehead atoms. The predicted octanol–water partition coefficient (Wildman–Crippen LogP) is 4.65. The van der Waals surface area contributed by atoms with Crippen LogP contribution in [0.3, 0.4) is 0 Å². The Bertz CT molecular complexity index is 850. The summed E-state index contributed by atoms with van der Waals surface area (Å²) >= 11 is 6.43. The van der Waals surface area contributed by atoms with Gasteiger partial charge in [0.05, 0.1) is 5.02 Å². The van der Waals surface area contributed by atoms with E-state index in [0.29, 0.717) is 27.3 Å². The first-order valence-corrected chi connectivity index (χ1v) is 8.39. The second-order valence-corrected chi connectivity index (χ2v) is 6.04. The fourth-order valence-electron chi connectivity index (χ4n) is 3.02. The van der Waals surface area contributed by atoms with Crippen molar-refractivity contribution in [2.45, 2.75) is 13.8 Å². The topological polar surface area (TPSA) is 37.4 Å². The molecule has 2 aromatic carbocycles. The highest BCUT2D eigenvalue weighted by molar-refractivity contribution is 6.42. The fraction of sp³-hybridized carbons (Fsp3) is 0.200. The maximum absolute atomic E-state index is 12.8. The van der Waals surface area contributed by atoms with Gasteiger partial charge in [-0.25, -0.2) is 0 Å². The van der Waals surface area contributed by atoms with Crippen LogP contribution in [0.4, 0.5) is 5.69 Å². The first-order valence-electron chi connectivity index (χ1n) is 8.01. The minimum atomic E-state index is -0.164. The molecule has 0 unspecified atom stereocenters. The number of fused-ring (bicyclic) bond motifs is 1. The Hall–Kier alpha value is -2.39. The van der Waals surface area contributed by atoms with Gasteiger partial charge in [-0.2, -0.15) is 0 Å². The summed E-state index contributed by atoms with van der Waals surface area (Å²) in [5.74, 6) is -0.327. The van der Waals surface area contributed by atoms with E-state index in [1.54, 1.807) is 24.3 Å². The van der Waals surface area contributed by atoms with Crippen molar-refractivity contribution in [3.63, 3.8) is 0 Å². The number of carbonyl (C=O) groups excluding carboxylic acids is 2. The van der Waals surface area contributed by atoms with Gasteiger partial charge in [-0.05, 0) is 32.1 Å². The third kappa shape index (κ3) is 2.76. The molecule has 0 spiro atoms. The standard InChI is InChI=1S/C20H18ClNO2/c1-3-22(4-2)13-9-10-14(18(21)11-13)17-12-19(23)15-7-5-6-8-16(15)20(17)24/h5-12H,3-4H2,1-2H3. The molecular formula is C20H18ClNO2. The Morgan fingerprint density at radius 2 is 1.58 bits per heavy atom. The number of Topliss-reactive ketones (excluding diaryl/α,β-unsaturated/α-hetero) is 1. The third-order valence-corrected chi connectivity index (χ3v) is 4.64. The van der Waals surface area contributed by atoms with Crippen LogP contribution in [-0.2, 0) is 0 Å². The second kappa shape index (κ2) is 6.62. The molecule has 3 rings (SSSR count). The van der Waals surface area contributed by atoms with Crippen LogP contribution in [0.1, 0.15) is 40.1 Å². The van der Waals surface area contributed by atoms with Crippen molar-refractivity contribution in [2.75, 3.05) is 18.0 Å². The maximum atomic E-state index is 12.8. The van der Waals surface area contributed by atoms with Crippen LogP contribution >= 0.6 is 11.6 Å². The summed E-state index contributed by atoms with van der Waals surface area (Å²) in [7, 11) is 0. The van der Waals surface area contributed by atoms with Crippen molar-refractivity contribution in [1.82, 2.24) is 0 Å². The number of allylic oxidation sites excluding steroid dienone is 2. The minimum absolute atomic E-state index is 0.163. The number of nitrogens with zero attached hydrogens (tertiary/aromatic N) is 1. The summed E-state index contributed by atoms with van der Waals surface area (Å²) in [5.41, 5.74) is 2.84. The van der Waals surface area contributed by atoms with E-state index in [1.165, 1.54) is 6.08 Å². The van der Waals surface area contributed by atoms with Gasteiger partial charge < -0.3 is 4.90 Å². The number of benzene rings is 2. The number of halogens is 1. The van der Waals surface area contributed by atoms with Crippen molar-refractivity contribution in [3.05, 3.63) is 70.3 Å². The van der Waals surface area contributed by atoms with Gasteiger partial charge in [-0.1, -0.05) is 41.9 Å². The van der Waals surface area contributed by atoms with E-state index >= 15 is 0 Å². The summed E-state index contributed by atoms with van der Waals surface area (Å²) in [5, 5.41) is 0.478. The molecule has 2 aromatic rings. The zero-order chi connectivity index (χ0) is 17.3. The van der Waals surface area contributed by atoms with Crippen molar-refractivity contribution < 1.29 is 9.59 Å². The predicted molar refractivity (Wildman–Crippen MR) is 98.1 cm³/mol. The minimum Gasteiger partial charge on any atom is -0.372 e. The molecule has 3 nitrogen and oxygen atoms in total. The largest absolute Gasteiger partial charge is 0.372 e. The number of carbonyl (C=O) groups is 2. The summed E-state index contributed by atoms with van der Waals surface area (Å²) in [6.45, 7) is 5.90. The maximum Gasteiger partial charge on any atom is 0.194 e. The lowest BCUT2D eigenvalue weighted by Gasteiger charge is -2.22. The molecule has 1 aliphatic rings. The molecule has 0 atom stereocenters. The zero-order valence-electron chi connectivity index (χ0n) is 13.7. The van der Waals surface area contributed by atoms with E-state index in [4.69, 9.17) is 11.6 Å². The van der Waals surface area contributed by atoms with Gasteiger partial charge in [0, 0.05) is 41.0 Å². The fourth-order valence-corrected chi connectivity index (χ4v) is 3.30. The van der Waals surface area contributed by atoms with E-state index in [1.807, 2.05) is 18.2 Å². The van der Waals surface area contributed by atoms with Crippen LogP contribution in [0.2, 0.25) is 5.02 Å². The van der Waals surface area contributed by atoms with Crippen LogP contribution in [0.5, 0.6) is 0 Å². The van der Waals surface area contributed by atoms with Gasteiger partial charge in [0.2, 0.25) is 0 Å². The molecule has 0 heterocycles. The SMILES string of the molecule is CCN(CC)c1ccc(C2=CC(=O)c3ccccc3C2=O)c(Cl)c1. The van der Waals surface area contributed by atoms with Crippen molar-refractivity contribution in [1.29, 1.82) is 0 Å². The highest BCUT2D eigenvalue weighted by Gasteiger charge is 2.27. The van der Waals surface area contributed by atoms with Crippen molar-refractivity contribution in [3.8, 4) is 0 Å². The van der Waals surface area contributed by atoms with Crippen molar-refractivity contribution >= 4 is 34.4 Å². The molecule has 0 saturated carbocycles. The van der Waals surface area contributed by atoms with Crippen LogP contribution < -0.4 is 4.90 Å². The number of anilines is 1. The lowest BCUT2D eigenvalue weighted by Crippen LogP contribution is -2.22. The number of ketones is 2. The van der Waals surface area contributed by atoms with Crippen LogP contribution in [0.25, 0.3) is 5.57 Å². The second-order valence-electron chi connectivity index (χ2n) is 5.63. The average Bonchev–Trinajstić information content (AvgIpc) is 2.60. The smallest absolute Gasteiger partial charge is 0.194 e.